The summed E-state index contributed by atoms with van der Waals surface area (Å²) >= 11 is 0. The molecule has 1 unspecified atom stereocenters. The van der Waals surface area contributed by atoms with Crippen LogP contribution < -0.4 is 0 Å². The van der Waals surface area contributed by atoms with Gasteiger partial charge < -0.3 is 14.6 Å². The largest absolute Gasteiger partial charge is 0.478 e. The highest BCUT2D eigenvalue weighted by Crippen LogP contribution is 2.15. The molecule has 18 heavy (non-hydrogen) atoms. The van der Waals surface area contributed by atoms with Crippen LogP contribution in [0.25, 0.3) is 0 Å². The lowest BCUT2D eigenvalue weighted by molar-refractivity contribution is 0.0694. The summed E-state index contributed by atoms with van der Waals surface area (Å²) in [5.74, 6) is -1.31. The van der Waals surface area contributed by atoms with Gasteiger partial charge in [0.05, 0.1) is 25.4 Å². The zero-order valence-electron chi connectivity index (χ0n) is 9.89. The molecule has 1 saturated heterocycles. The van der Waals surface area contributed by atoms with Crippen molar-refractivity contribution in [1.82, 2.24) is 0 Å². The highest BCUT2D eigenvalue weighted by Gasteiger charge is 2.15. The smallest absolute Gasteiger partial charge is 0.335 e. The van der Waals surface area contributed by atoms with Gasteiger partial charge in [0.1, 0.15) is 5.82 Å². The molecule has 0 aromatic heterocycles. The zero-order chi connectivity index (χ0) is 13.0. The van der Waals surface area contributed by atoms with Crippen LogP contribution in [0, 0.1) is 11.7 Å². The average Bonchev–Trinajstić information content (AvgIpc) is 2.81. The topological polar surface area (TPSA) is 55.8 Å². The first-order valence-electron chi connectivity index (χ1n) is 5.83. The Morgan fingerprint density at radius 3 is 3.00 bits per heavy atom. The Morgan fingerprint density at radius 1 is 1.50 bits per heavy atom. The first-order chi connectivity index (χ1) is 8.65. The van der Waals surface area contributed by atoms with Crippen LogP contribution in [-0.2, 0) is 16.1 Å². The normalized spacial score (nSPS) is 19.1. The number of carboxylic acid groups (broad SMARTS) is 1. The third-order valence-corrected chi connectivity index (χ3v) is 2.85. The van der Waals surface area contributed by atoms with Crippen LogP contribution in [-0.4, -0.2) is 30.9 Å². The average molecular weight is 254 g/mol. The molecular formula is C13H15FO4. The van der Waals surface area contributed by atoms with E-state index in [9.17, 15) is 9.18 Å². The molecule has 1 aromatic carbocycles. The third kappa shape index (κ3) is 3.51. The Kier molecular flexibility index (Phi) is 4.28. The van der Waals surface area contributed by atoms with Gasteiger partial charge in [-0.2, -0.15) is 0 Å². The summed E-state index contributed by atoms with van der Waals surface area (Å²) in [6.45, 7) is 2.23. The fraction of sp³-hybridized carbons (Fsp3) is 0.462. The van der Waals surface area contributed by atoms with Crippen molar-refractivity contribution >= 4 is 5.97 Å². The van der Waals surface area contributed by atoms with Crippen LogP contribution in [0.3, 0.4) is 0 Å². The molecule has 1 aliphatic rings. The molecule has 1 heterocycles. The second-order valence-electron chi connectivity index (χ2n) is 4.40. The summed E-state index contributed by atoms with van der Waals surface area (Å²) in [4.78, 5) is 10.8. The molecule has 0 bridgehead atoms. The Balaban J connectivity index is 1.89. The summed E-state index contributed by atoms with van der Waals surface area (Å²) in [6.07, 6.45) is 0.976. The molecule has 1 fully saturated rings. The molecule has 1 aliphatic heterocycles. The standard InChI is InChI=1S/C13H15FO4/c14-12-4-10(3-11(5-12)13(15)16)8-18-7-9-1-2-17-6-9/h3-5,9H,1-2,6-8H2,(H,15,16). The van der Waals surface area contributed by atoms with E-state index in [0.29, 0.717) is 24.7 Å². The van der Waals surface area contributed by atoms with Crippen LogP contribution >= 0.6 is 0 Å². The van der Waals surface area contributed by atoms with Crippen LogP contribution in [0.2, 0.25) is 0 Å². The van der Waals surface area contributed by atoms with Gasteiger partial charge in [-0.15, -0.1) is 0 Å². The van der Waals surface area contributed by atoms with Crippen molar-refractivity contribution < 1.29 is 23.8 Å². The van der Waals surface area contributed by atoms with E-state index in [2.05, 4.69) is 0 Å². The maximum absolute atomic E-state index is 13.2. The van der Waals surface area contributed by atoms with Crippen molar-refractivity contribution in [2.75, 3.05) is 19.8 Å². The summed E-state index contributed by atoms with van der Waals surface area (Å²) in [7, 11) is 0. The minimum Gasteiger partial charge on any atom is -0.478 e. The first-order valence-corrected chi connectivity index (χ1v) is 5.83. The number of benzene rings is 1. The highest BCUT2D eigenvalue weighted by atomic mass is 19.1. The van der Waals surface area contributed by atoms with Gasteiger partial charge in [-0.3, -0.25) is 0 Å². The van der Waals surface area contributed by atoms with Gasteiger partial charge in [0, 0.05) is 12.5 Å². The quantitative estimate of drug-likeness (QED) is 0.874. The van der Waals surface area contributed by atoms with Gasteiger partial charge in [-0.25, -0.2) is 9.18 Å². The number of hydrogen-bond donors (Lipinski definition) is 1. The minimum atomic E-state index is -1.14. The van der Waals surface area contributed by atoms with E-state index < -0.39 is 11.8 Å². The third-order valence-electron chi connectivity index (χ3n) is 2.85. The second kappa shape index (κ2) is 5.93. The van der Waals surface area contributed by atoms with Gasteiger partial charge in [-0.1, -0.05) is 0 Å². The van der Waals surface area contributed by atoms with Crippen molar-refractivity contribution in [2.24, 2.45) is 5.92 Å². The van der Waals surface area contributed by atoms with Gasteiger partial charge in [0.15, 0.2) is 0 Å². The molecule has 0 aliphatic carbocycles. The Hall–Kier alpha value is -1.46. The lowest BCUT2D eigenvalue weighted by Crippen LogP contribution is -2.09. The lowest BCUT2D eigenvalue weighted by atomic mass is 10.1. The molecule has 1 N–H and O–H groups in total. The van der Waals surface area contributed by atoms with Crippen molar-refractivity contribution in [3.63, 3.8) is 0 Å². The predicted molar refractivity (Wildman–Crippen MR) is 61.9 cm³/mol. The molecule has 4 nitrogen and oxygen atoms in total. The number of carboxylic acids is 1. The van der Waals surface area contributed by atoms with E-state index in [1.807, 2.05) is 0 Å². The van der Waals surface area contributed by atoms with Gasteiger partial charge in [0.2, 0.25) is 0 Å². The number of halogens is 1. The van der Waals surface area contributed by atoms with E-state index in [1.54, 1.807) is 0 Å². The van der Waals surface area contributed by atoms with E-state index in [1.165, 1.54) is 12.1 Å². The molecule has 2 rings (SSSR count). The monoisotopic (exact) mass is 254 g/mol. The number of rotatable bonds is 5. The summed E-state index contributed by atoms with van der Waals surface area (Å²) in [5, 5.41) is 8.81. The van der Waals surface area contributed by atoms with Crippen molar-refractivity contribution in [3.05, 3.63) is 35.1 Å². The summed E-state index contributed by atoms with van der Waals surface area (Å²) in [5.41, 5.74) is 0.476. The van der Waals surface area contributed by atoms with Gasteiger partial charge >= 0.3 is 5.97 Å². The van der Waals surface area contributed by atoms with Gasteiger partial charge in [0.25, 0.3) is 0 Å². The Bertz CT molecular complexity index is 427. The number of aromatic carboxylic acids is 1. The highest BCUT2D eigenvalue weighted by molar-refractivity contribution is 5.87. The van der Waals surface area contributed by atoms with E-state index in [0.717, 1.165) is 19.1 Å². The van der Waals surface area contributed by atoms with E-state index in [-0.39, 0.29) is 12.2 Å². The van der Waals surface area contributed by atoms with Crippen molar-refractivity contribution in [3.8, 4) is 0 Å². The zero-order valence-corrected chi connectivity index (χ0v) is 9.89. The second-order valence-corrected chi connectivity index (χ2v) is 4.40. The molecule has 1 atom stereocenters. The molecule has 5 heteroatoms. The van der Waals surface area contributed by atoms with Crippen LogP contribution in [0.15, 0.2) is 18.2 Å². The maximum Gasteiger partial charge on any atom is 0.335 e. The first kappa shape index (κ1) is 13.0. The predicted octanol–water partition coefficient (Wildman–Crippen LogP) is 2.08. The molecule has 0 amide bonds. The SMILES string of the molecule is O=C(O)c1cc(F)cc(COCC2CCOC2)c1. The fourth-order valence-electron chi connectivity index (χ4n) is 1.92. The van der Waals surface area contributed by atoms with Crippen LogP contribution in [0.1, 0.15) is 22.3 Å². The number of ether oxygens (including phenoxy) is 2. The molecular weight excluding hydrogens is 239 g/mol. The molecule has 1 aromatic rings. The van der Waals surface area contributed by atoms with Crippen molar-refractivity contribution in [1.29, 1.82) is 0 Å². The lowest BCUT2D eigenvalue weighted by Gasteiger charge is -2.09. The summed E-state index contributed by atoms with van der Waals surface area (Å²) in [6, 6.07) is 3.71. The molecule has 98 valence electrons. The van der Waals surface area contributed by atoms with Crippen LogP contribution in [0.5, 0.6) is 0 Å². The number of carbonyl (C=O) groups is 1. The van der Waals surface area contributed by atoms with E-state index >= 15 is 0 Å². The van der Waals surface area contributed by atoms with E-state index in [4.69, 9.17) is 14.6 Å². The Morgan fingerprint density at radius 2 is 2.33 bits per heavy atom. The molecule has 0 spiro atoms. The maximum atomic E-state index is 13.2. The molecule has 0 radical (unpaired) electrons. The summed E-state index contributed by atoms with van der Waals surface area (Å²) < 4.78 is 23.8. The fourth-order valence-corrected chi connectivity index (χ4v) is 1.92. The minimum absolute atomic E-state index is 0.0576. The Labute approximate surface area is 104 Å². The van der Waals surface area contributed by atoms with Crippen molar-refractivity contribution in [2.45, 2.75) is 13.0 Å². The molecule has 0 saturated carbocycles. The number of hydrogen-bond acceptors (Lipinski definition) is 3. The van der Waals surface area contributed by atoms with Crippen LogP contribution in [0.4, 0.5) is 4.39 Å². The van der Waals surface area contributed by atoms with Gasteiger partial charge in [-0.05, 0) is 30.2 Å².